The van der Waals surface area contributed by atoms with Gasteiger partial charge >= 0.3 is 0 Å². The Morgan fingerprint density at radius 1 is 1.36 bits per heavy atom. The first-order valence-corrected chi connectivity index (χ1v) is 4.49. The predicted molar refractivity (Wildman–Crippen MR) is 51.3 cm³/mol. The van der Waals surface area contributed by atoms with Crippen molar-refractivity contribution < 1.29 is 9.90 Å². The van der Waals surface area contributed by atoms with E-state index in [1.807, 2.05) is 30.3 Å². The fraction of sp³-hybridized carbons (Fsp3) is 0.300. The highest BCUT2D eigenvalue weighted by Gasteiger charge is 2.41. The molecule has 0 radical (unpaired) electrons. The normalized spacial score (nSPS) is 27.7. The molecule has 3 atom stereocenters. The van der Waals surface area contributed by atoms with Gasteiger partial charge in [0, 0.05) is 0 Å². The van der Waals surface area contributed by atoms with Gasteiger partial charge in [-0.25, -0.2) is 0 Å². The van der Waals surface area contributed by atoms with Gasteiger partial charge in [0.1, 0.15) is 12.1 Å². The number of benzene rings is 1. The first-order valence-electron chi connectivity index (χ1n) is 4.49. The molecular weight excluding hydrogens is 180 g/mol. The van der Waals surface area contributed by atoms with E-state index >= 15 is 0 Å². The number of hydrogen-bond acceptors (Lipinski definition) is 3. The molecular formula is C10H12N2O2. The van der Waals surface area contributed by atoms with Crippen LogP contribution >= 0.6 is 0 Å². The number of β-lactam (4-membered cyclic amide) rings is 1. The third-order valence-corrected chi connectivity index (χ3v) is 2.48. The van der Waals surface area contributed by atoms with Crippen molar-refractivity contribution in [2.45, 2.75) is 18.2 Å². The topological polar surface area (TPSA) is 75.4 Å². The van der Waals surface area contributed by atoms with E-state index in [-0.39, 0.29) is 11.9 Å². The molecule has 0 unspecified atom stereocenters. The zero-order valence-corrected chi connectivity index (χ0v) is 7.55. The van der Waals surface area contributed by atoms with Crippen molar-refractivity contribution in [3.63, 3.8) is 0 Å². The second kappa shape index (κ2) is 3.40. The number of rotatable bonds is 2. The Morgan fingerprint density at radius 3 is 2.50 bits per heavy atom. The molecule has 1 amide bonds. The van der Waals surface area contributed by atoms with Crippen molar-refractivity contribution in [2.24, 2.45) is 5.73 Å². The van der Waals surface area contributed by atoms with Crippen LogP contribution in [0.4, 0.5) is 0 Å². The Hall–Kier alpha value is -1.39. The first kappa shape index (κ1) is 9.18. The molecule has 1 aliphatic heterocycles. The van der Waals surface area contributed by atoms with Gasteiger partial charge in [0.2, 0.25) is 5.91 Å². The average molecular weight is 192 g/mol. The molecule has 1 heterocycles. The SMILES string of the molecule is N[C@@H]1C(=O)N[C@H]1[C@@H](O)c1ccccc1. The minimum Gasteiger partial charge on any atom is -0.386 e. The molecule has 1 saturated heterocycles. The van der Waals surface area contributed by atoms with Crippen molar-refractivity contribution in [2.75, 3.05) is 0 Å². The van der Waals surface area contributed by atoms with Crippen LogP contribution in [0.2, 0.25) is 0 Å². The van der Waals surface area contributed by atoms with E-state index in [0.717, 1.165) is 5.56 Å². The number of aliphatic hydroxyl groups excluding tert-OH is 1. The van der Waals surface area contributed by atoms with Gasteiger partial charge < -0.3 is 16.2 Å². The molecule has 4 heteroatoms. The van der Waals surface area contributed by atoms with Crippen LogP contribution in [0.25, 0.3) is 0 Å². The molecule has 0 bridgehead atoms. The quantitative estimate of drug-likeness (QED) is 0.555. The van der Waals surface area contributed by atoms with E-state index in [0.29, 0.717) is 0 Å². The monoisotopic (exact) mass is 192 g/mol. The van der Waals surface area contributed by atoms with Crippen molar-refractivity contribution in [3.05, 3.63) is 35.9 Å². The highest BCUT2D eigenvalue weighted by molar-refractivity contribution is 5.89. The third kappa shape index (κ3) is 1.38. The van der Waals surface area contributed by atoms with Gasteiger partial charge in [-0.1, -0.05) is 30.3 Å². The van der Waals surface area contributed by atoms with Crippen LogP contribution in [0.1, 0.15) is 11.7 Å². The smallest absolute Gasteiger partial charge is 0.239 e. The molecule has 4 N–H and O–H groups in total. The fourth-order valence-corrected chi connectivity index (χ4v) is 1.55. The van der Waals surface area contributed by atoms with Gasteiger partial charge in [-0.2, -0.15) is 0 Å². The summed E-state index contributed by atoms with van der Waals surface area (Å²) >= 11 is 0. The summed E-state index contributed by atoms with van der Waals surface area (Å²) in [5.74, 6) is -0.204. The van der Waals surface area contributed by atoms with Crippen molar-refractivity contribution in [1.29, 1.82) is 0 Å². The molecule has 1 aromatic rings. The third-order valence-electron chi connectivity index (χ3n) is 2.48. The summed E-state index contributed by atoms with van der Waals surface area (Å²) in [6.45, 7) is 0. The second-order valence-electron chi connectivity index (χ2n) is 3.42. The maximum atomic E-state index is 10.8. The van der Waals surface area contributed by atoms with E-state index in [9.17, 15) is 9.90 Å². The van der Waals surface area contributed by atoms with E-state index in [4.69, 9.17) is 5.73 Å². The van der Waals surface area contributed by atoms with Crippen molar-refractivity contribution >= 4 is 5.91 Å². The highest BCUT2D eigenvalue weighted by atomic mass is 16.3. The van der Waals surface area contributed by atoms with E-state index in [2.05, 4.69) is 5.32 Å². The molecule has 2 rings (SSSR count). The standard InChI is InChI=1S/C10H12N2O2/c11-7-8(12-10(7)14)9(13)6-4-2-1-3-5-6/h1-5,7-9,13H,11H2,(H,12,14)/t7-,8+,9-/m0/s1. The Kier molecular flexibility index (Phi) is 2.23. The molecule has 1 aliphatic rings. The molecule has 74 valence electrons. The maximum Gasteiger partial charge on any atom is 0.239 e. The van der Waals surface area contributed by atoms with Gasteiger partial charge in [-0.05, 0) is 5.56 Å². The number of aliphatic hydroxyl groups is 1. The lowest BCUT2D eigenvalue weighted by molar-refractivity contribution is -0.133. The summed E-state index contributed by atoms with van der Waals surface area (Å²) < 4.78 is 0. The Bertz CT molecular complexity index is 339. The minimum absolute atomic E-state index is 0.204. The first-order chi connectivity index (χ1) is 6.70. The summed E-state index contributed by atoms with van der Waals surface area (Å²) in [6.07, 6.45) is -0.719. The second-order valence-corrected chi connectivity index (χ2v) is 3.42. The van der Waals surface area contributed by atoms with Crippen LogP contribution in [-0.2, 0) is 4.79 Å². The van der Waals surface area contributed by atoms with Crippen LogP contribution < -0.4 is 11.1 Å². The van der Waals surface area contributed by atoms with E-state index < -0.39 is 12.1 Å². The summed E-state index contributed by atoms with van der Waals surface area (Å²) in [6, 6.07) is 8.21. The van der Waals surface area contributed by atoms with Crippen molar-refractivity contribution in [3.8, 4) is 0 Å². The fourth-order valence-electron chi connectivity index (χ4n) is 1.55. The van der Waals surface area contributed by atoms with Crippen LogP contribution in [0.5, 0.6) is 0 Å². The number of nitrogens with two attached hydrogens (primary N) is 1. The number of carbonyl (C=O) groups excluding carboxylic acids is 1. The molecule has 0 aliphatic carbocycles. The summed E-state index contributed by atoms with van der Waals surface area (Å²) in [5, 5.41) is 12.4. The van der Waals surface area contributed by atoms with Crippen molar-refractivity contribution in [1.82, 2.24) is 5.32 Å². The minimum atomic E-state index is -0.719. The van der Waals surface area contributed by atoms with Crippen LogP contribution in [0.15, 0.2) is 30.3 Å². The van der Waals surface area contributed by atoms with Gasteiger partial charge in [0.05, 0.1) is 6.04 Å². The molecule has 4 nitrogen and oxygen atoms in total. The number of amides is 1. The largest absolute Gasteiger partial charge is 0.386 e. The lowest BCUT2D eigenvalue weighted by Gasteiger charge is -2.37. The van der Waals surface area contributed by atoms with Gasteiger partial charge in [-0.15, -0.1) is 0 Å². The number of hydrogen-bond donors (Lipinski definition) is 3. The zero-order chi connectivity index (χ0) is 10.1. The zero-order valence-electron chi connectivity index (χ0n) is 7.55. The Balaban J connectivity index is 2.10. The van der Waals surface area contributed by atoms with E-state index in [1.165, 1.54) is 0 Å². The Labute approximate surface area is 81.7 Å². The molecule has 0 spiro atoms. The highest BCUT2D eigenvalue weighted by Crippen LogP contribution is 2.22. The van der Waals surface area contributed by atoms with Gasteiger partial charge in [-0.3, -0.25) is 4.79 Å². The molecule has 1 aromatic carbocycles. The van der Waals surface area contributed by atoms with Crippen LogP contribution in [0.3, 0.4) is 0 Å². The predicted octanol–water partition coefficient (Wildman–Crippen LogP) is -0.454. The molecule has 14 heavy (non-hydrogen) atoms. The molecule has 0 aromatic heterocycles. The Morgan fingerprint density at radius 2 is 2.00 bits per heavy atom. The van der Waals surface area contributed by atoms with Gasteiger partial charge in [0.25, 0.3) is 0 Å². The lowest BCUT2D eigenvalue weighted by Crippen LogP contribution is -2.68. The molecule has 1 fully saturated rings. The summed E-state index contributed by atoms with van der Waals surface area (Å²) in [5.41, 5.74) is 6.30. The maximum absolute atomic E-state index is 10.8. The lowest BCUT2D eigenvalue weighted by atomic mass is 9.90. The van der Waals surface area contributed by atoms with Crippen LogP contribution in [-0.4, -0.2) is 23.1 Å². The molecule has 0 saturated carbocycles. The number of nitrogens with one attached hydrogen (secondary N) is 1. The summed E-state index contributed by atoms with van der Waals surface area (Å²) in [4.78, 5) is 10.8. The van der Waals surface area contributed by atoms with Crippen LogP contribution in [0, 0.1) is 0 Å². The number of carbonyl (C=O) groups is 1. The van der Waals surface area contributed by atoms with E-state index in [1.54, 1.807) is 0 Å². The average Bonchev–Trinajstić information content (AvgIpc) is 2.25. The van der Waals surface area contributed by atoms with Gasteiger partial charge in [0.15, 0.2) is 0 Å². The summed E-state index contributed by atoms with van der Waals surface area (Å²) in [7, 11) is 0.